The first kappa shape index (κ1) is 26.7. The molecule has 0 atom stereocenters. The number of aromatic nitrogens is 1. The van der Waals surface area contributed by atoms with Crippen LogP contribution in [0.25, 0.3) is 0 Å². The number of carbonyl (C=O) groups is 2. The van der Waals surface area contributed by atoms with Crippen LogP contribution in [0.1, 0.15) is 37.9 Å². The summed E-state index contributed by atoms with van der Waals surface area (Å²) >= 11 is 0. The molecule has 0 aliphatic rings. The fourth-order valence-electron chi connectivity index (χ4n) is 2.81. The first-order valence-corrected chi connectivity index (χ1v) is 9.75. The van der Waals surface area contributed by atoms with Crippen molar-refractivity contribution < 1.29 is 35.9 Å². The molecule has 0 fully saturated rings. The van der Waals surface area contributed by atoms with Crippen molar-refractivity contribution in [2.45, 2.75) is 52.1 Å². The van der Waals surface area contributed by atoms with Crippen LogP contribution in [0.3, 0.4) is 0 Å². The minimum atomic E-state index is -5.06. The molecule has 2 amide bonds. The van der Waals surface area contributed by atoms with Crippen LogP contribution in [0.2, 0.25) is 0 Å². The van der Waals surface area contributed by atoms with E-state index in [9.17, 15) is 35.9 Å². The Morgan fingerprint density at radius 2 is 1.61 bits per heavy atom. The van der Waals surface area contributed by atoms with Crippen LogP contribution in [0.15, 0.2) is 18.3 Å². The summed E-state index contributed by atoms with van der Waals surface area (Å²) in [5.74, 6) is -4.14. The lowest BCUT2D eigenvalue weighted by Crippen LogP contribution is -2.41. The second kappa shape index (κ2) is 11.9. The molecule has 0 aromatic carbocycles. The second-order valence-electron chi connectivity index (χ2n) is 6.79. The topological polar surface area (TPSA) is 65.5 Å². The van der Waals surface area contributed by atoms with Crippen molar-refractivity contribution in [1.82, 2.24) is 20.1 Å². The molecule has 1 aromatic heterocycles. The molecule has 0 unspecified atom stereocenters. The van der Waals surface area contributed by atoms with Gasteiger partial charge in [0.15, 0.2) is 0 Å². The normalized spacial score (nSPS) is 12.2. The quantitative estimate of drug-likeness (QED) is 0.410. The minimum absolute atomic E-state index is 0.0695. The predicted molar refractivity (Wildman–Crippen MR) is 101 cm³/mol. The van der Waals surface area contributed by atoms with Gasteiger partial charge in [-0.1, -0.05) is 13.8 Å². The molecule has 0 radical (unpaired) electrons. The third-order valence-corrected chi connectivity index (χ3v) is 4.52. The molecule has 6 nitrogen and oxygen atoms in total. The van der Waals surface area contributed by atoms with E-state index in [4.69, 9.17) is 0 Å². The van der Waals surface area contributed by atoms with Crippen LogP contribution in [0.4, 0.5) is 26.3 Å². The molecule has 176 valence electrons. The van der Waals surface area contributed by atoms with E-state index in [1.807, 2.05) is 13.8 Å². The van der Waals surface area contributed by atoms with E-state index in [1.165, 1.54) is 18.3 Å². The lowest BCUT2D eigenvalue weighted by molar-refractivity contribution is -0.186. The highest BCUT2D eigenvalue weighted by molar-refractivity contribution is 5.82. The van der Waals surface area contributed by atoms with E-state index in [2.05, 4.69) is 9.88 Å². The summed E-state index contributed by atoms with van der Waals surface area (Å²) in [5.41, 5.74) is 0.281. The summed E-state index contributed by atoms with van der Waals surface area (Å²) in [6.07, 6.45) is -7.96. The number of nitrogens with zero attached hydrogens (tertiary/aromatic N) is 3. The van der Waals surface area contributed by atoms with Crippen LogP contribution < -0.4 is 5.32 Å². The zero-order valence-corrected chi connectivity index (χ0v) is 17.3. The second-order valence-corrected chi connectivity index (χ2v) is 6.79. The number of hydrogen-bond acceptors (Lipinski definition) is 4. The number of rotatable bonds is 11. The number of nitrogens with one attached hydrogen (secondary N) is 1. The average molecular weight is 456 g/mol. The predicted octanol–water partition coefficient (Wildman–Crippen LogP) is 3.27. The molecule has 0 spiro atoms. The monoisotopic (exact) mass is 456 g/mol. The van der Waals surface area contributed by atoms with Crippen LogP contribution in [0.5, 0.6) is 0 Å². The first-order valence-electron chi connectivity index (χ1n) is 9.75. The van der Waals surface area contributed by atoms with Gasteiger partial charge in [-0.3, -0.25) is 14.6 Å². The van der Waals surface area contributed by atoms with E-state index >= 15 is 0 Å². The lowest BCUT2D eigenvalue weighted by atomic mass is 10.2. The third-order valence-electron chi connectivity index (χ3n) is 4.52. The van der Waals surface area contributed by atoms with Crippen LogP contribution >= 0.6 is 0 Å². The molecule has 0 aliphatic heterocycles. The summed E-state index contributed by atoms with van der Waals surface area (Å²) in [4.78, 5) is 29.3. The Morgan fingerprint density at radius 3 is 2.16 bits per heavy atom. The fraction of sp³-hybridized carbons (Fsp3) is 0.632. The van der Waals surface area contributed by atoms with Gasteiger partial charge in [0.2, 0.25) is 0 Å². The summed E-state index contributed by atoms with van der Waals surface area (Å²) in [6.45, 7) is 5.17. The van der Waals surface area contributed by atoms with E-state index in [0.717, 1.165) is 13.1 Å². The molecule has 0 saturated heterocycles. The fourth-order valence-corrected chi connectivity index (χ4v) is 2.81. The van der Waals surface area contributed by atoms with Crippen molar-refractivity contribution in [3.05, 3.63) is 29.6 Å². The van der Waals surface area contributed by atoms with Gasteiger partial charge in [0.25, 0.3) is 0 Å². The maximum absolute atomic E-state index is 13.0. The molecule has 1 N–H and O–H groups in total. The van der Waals surface area contributed by atoms with Gasteiger partial charge < -0.3 is 15.1 Å². The Kier molecular flexibility index (Phi) is 10.2. The summed E-state index contributed by atoms with van der Waals surface area (Å²) in [7, 11) is 0. The van der Waals surface area contributed by atoms with Crippen molar-refractivity contribution >= 4 is 11.8 Å². The molecule has 1 rings (SSSR count). The Balaban J connectivity index is 2.80. The molecule has 1 aromatic rings. The molecule has 0 saturated carbocycles. The van der Waals surface area contributed by atoms with Gasteiger partial charge in [-0.15, -0.1) is 0 Å². The lowest BCUT2D eigenvalue weighted by Gasteiger charge is -2.24. The number of carbonyl (C=O) groups excluding carboxylic acids is 2. The summed E-state index contributed by atoms with van der Waals surface area (Å²) in [6, 6.07) is 2.57. The number of halogens is 6. The maximum atomic E-state index is 13.0. The van der Waals surface area contributed by atoms with Crippen molar-refractivity contribution in [2.75, 3.05) is 26.2 Å². The summed E-state index contributed by atoms with van der Waals surface area (Å²) in [5, 5.41) is 1.67. The highest BCUT2D eigenvalue weighted by atomic mass is 19.4. The first-order chi connectivity index (χ1) is 14.4. The smallest absolute Gasteiger partial charge is 0.344 e. The highest BCUT2D eigenvalue weighted by Gasteiger charge is 2.42. The number of amides is 2. The molecule has 1 heterocycles. The average Bonchev–Trinajstić information content (AvgIpc) is 2.69. The minimum Gasteiger partial charge on any atom is -0.344 e. The Bertz CT molecular complexity index is 720. The number of hydrogen-bond donors (Lipinski definition) is 1. The molecule has 0 bridgehead atoms. The number of unbranched alkanes of at least 4 members (excludes halogenated alkanes) is 1. The zero-order chi connectivity index (χ0) is 23.7. The molecule has 12 heteroatoms. The van der Waals surface area contributed by atoms with E-state index in [0.29, 0.717) is 24.3 Å². The van der Waals surface area contributed by atoms with Crippen molar-refractivity contribution in [2.24, 2.45) is 0 Å². The Morgan fingerprint density at radius 1 is 1.00 bits per heavy atom. The summed E-state index contributed by atoms with van der Waals surface area (Å²) < 4.78 is 75.7. The molecule has 0 aliphatic carbocycles. The van der Waals surface area contributed by atoms with E-state index in [1.54, 1.807) is 5.32 Å². The van der Waals surface area contributed by atoms with Crippen LogP contribution in [-0.4, -0.2) is 65.1 Å². The highest BCUT2D eigenvalue weighted by Crippen LogP contribution is 2.21. The standard InChI is InChI=1S/C19H26F6N4O2/c1-3-28(4-2)9-5-6-10-29(17(31)19(23,24)25)13-15-11-14(7-8-26-15)12-27-16(30)18(20,21)22/h7-8,11H,3-6,9-10,12-13H2,1-2H3,(H,27,30). The molecular formula is C19H26F6N4O2. The number of alkyl halides is 6. The van der Waals surface area contributed by atoms with Crippen molar-refractivity contribution in [1.29, 1.82) is 0 Å². The Hall–Kier alpha value is -2.37. The van der Waals surface area contributed by atoms with Gasteiger partial charge in [-0.2, -0.15) is 26.3 Å². The van der Waals surface area contributed by atoms with Crippen LogP contribution in [0, 0.1) is 0 Å². The Labute approximate surface area is 176 Å². The van der Waals surface area contributed by atoms with Gasteiger partial charge >= 0.3 is 24.2 Å². The molecular weight excluding hydrogens is 430 g/mol. The van der Waals surface area contributed by atoms with Crippen molar-refractivity contribution in [3.8, 4) is 0 Å². The number of pyridine rings is 1. The third kappa shape index (κ3) is 9.53. The molecule has 31 heavy (non-hydrogen) atoms. The zero-order valence-electron chi connectivity index (χ0n) is 17.3. The van der Waals surface area contributed by atoms with Crippen LogP contribution in [-0.2, 0) is 22.7 Å². The van der Waals surface area contributed by atoms with E-state index in [-0.39, 0.29) is 17.8 Å². The maximum Gasteiger partial charge on any atom is 0.471 e. The SMILES string of the molecule is CCN(CC)CCCCN(Cc1cc(CNC(=O)C(F)(F)F)ccn1)C(=O)C(F)(F)F. The van der Waals surface area contributed by atoms with Gasteiger partial charge in [0.1, 0.15) is 0 Å². The van der Waals surface area contributed by atoms with Gasteiger partial charge in [-0.05, 0) is 50.2 Å². The van der Waals surface area contributed by atoms with Gasteiger partial charge in [0.05, 0.1) is 12.2 Å². The van der Waals surface area contributed by atoms with E-state index < -0.39 is 37.3 Å². The largest absolute Gasteiger partial charge is 0.471 e. The van der Waals surface area contributed by atoms with Gasteiger partial charge in [-0.25, -0.2) is 0 Å². The van der Waals surface area contributed by atoms with Gasteiger partial charge in [0, 0.05) is 19.3 Å². The van der Waals surface area contributed by atoms with Crippen molar-refractivity contribution in [3.63, 3.8) is 0 Å².